The molecule has 0 bridgehead atoms. The number of carbonyl (C=O) groups excluding carboxylic acids is 1. The summed E-state index contributed by atoms with van der Waals surface area (Å²) in [5.74, 6) is -0.320. The standard InChI is InChI=1S/C22H28N2O3S/c1-16(19-14-13-18-9-7-8-10-20(18)15-19)23-22(25)17(2)24(28(3,26)27)21-11-5-4-6-12-21/h4-6,11-17H,7-10H2,1-3H3,(H,23,25)/t16-,17-/m1/s1. The molecule has 0 heterocycles. The highest BCUT2D eigenvalue weighted by Gasteiger charge is 2.29. The predicted octanol–water partition coefficient (Wildman–Crippen LogP) is 3.60. The van der Waals surface area contributed by atoms with Crippen LogP contribution >= 0.6 is 0 Å². The van der Waals surface area contributed by atoms with Crippen molar-refractivity contribution in [2.24, 2.45) is 0 Å². The molecule has 1 aliphatic carbocycles. The van der Waals surface area contributed by atoms with Crippen molar-refractivity contribution in [1.82, 2.24) is 5.32 Å². The smallest absolute Gasteiger partial charge is 0.244 e. The summed E-state index contributed by atoms with van der Waals surface area (Å²) in [4.78, 5) is 12.9. The summed E-state index contributed by atoms with van der Waals surface area (Å²) < 4.78 is 25.8. The van der Waals surface area contributed by atoms with Crippen LogP contribution in [0.5, 0.6) is 0 Å². The third-order valence-electron chi connectivity index (χ3n) is 5.33. The maximum atomic E-state index is 12.9. The zero-order chi connectivity index (χ0) is 20.3. The summed E-state index contributed by atoms with van der Waals surface area (Å²) in [6.45, 7) is 3.55. The van der Waals surface area contributed by atoms with Crippen LogP contribution in [0.3, 0.4) is 0 Å². The second-order valence-corrected chi connectivity index (χ2v) is 9.40. The number of anilines is 1. The molecule has 2 aromatic rings. The average Bonchev–Trinajstić information content (AvgIpc) is 2.67. The van der Waals surface area contributed by atoms with Crippen molar-refractivity contribution in [2.45, 2.75) is 51.6 Å². The van der Waals surface area contributed by atoms with E-state index < -0.39 is 16.1 Å². The number of hydrogen-bond donors (Lipinski definition) is 1. The second kappa shape index (κ2) is 8.35. The van der Waals surface area contributed by atoms with E-state index in [2.05, 4.69) is 23.5 Å². The summed E-state index contributed by atoms with van der Waals surface area (Å²) in [5, 5.41) is 2.98. The number of benzene rings is 2. The number of nitrogens with zero attached hydrogens (tertiary/aromatic N) is 1. The van der Waals surface area contributed by atoms with Crippen molar-refractivity contribution in [3.8, 4) is 0 Å². The molecular weight excluding hydrogens is 372 g/mol. The van der Waals surface area contributed by atoms with E-state index in [1.807, 2.05) is 13.0 Å². The molecule has 0 aromatic heterocycles. The molecule has 0 saturated heterocycles. The SMILES string of the molecule is C[C@H](C(=O)N[C@H](C)c1ccc2c(c1)CCCC2)N(c1ccccc1)S(C)(=O)=O. The third kappa shape index (κ3) is 4.55. The maximum Gasteiger partial charge on any atom is 0.244 e. The largest absolute Gasteiger partial charge is 0.348 e. The zero-order valence-corrected chi connectivity index (χ0v) is 17.5. The van der Waals surface area contributed by atoms with Crippen LogP contribution in [0.15, 0.2) is 48.5 Å². The molecule has 2 atom stereocenters. The summed E-state index contributed by atoms with van der Waals surface area (Å²) >= 11 is 0. The van der Waals surface area contributed by atoms with E-state index in [0.29, 0.717) is 5.69 Å². The lowest BCUT2D eigenvalue weighted by Crippen LogP contribution is -2.48. The van der Waals surface area contributed by atoms with Crippen molar-refractivity contribution < 1.29 is 13.2 Å². The highest BCUT2D eigenvalue weighted by atomic mass is 32.2. The van der Waals surface area contributed by atoms with Crippen molar-refractivity contribution in [1.29, 1.82) is 0 Å². The van der Waals surface area contributed by atoms with Gasteiger partial charge >= 0.3 is 0 Å². The molecule has 0 fully saturated rings. The fourth-order valence-electron chi connectivity index (χ4n) is 3.82. The van der Waals surface area contributed by atoms with Crippen LogP contribution < -0.4 is 9.62 Å². The molecule has 0 unspecified atom stereocenters. The molecule has 28 heavy (non-hydrogen) atoms. The van der Waals surface area contributed by atoms with E-state index in [1.165, 1.54) is 28.3 Å². The topological polar surface area (TPSA) is 66.5 Å². The van der Waals surface area contributed by atoms with Gasteiger partial charge in [0, 0.05) is 0 Å². The van der Waals surface area contributed by atoms with Gasteiger partial charge < -0.3 is 5.32 Å². The molecule has 1 aliphatic rings. The average molecular weight is 401 g/mol. The molecule has 3 rings (SSSR count). The lowest BCUT2D eigenvalue weighted by molar-refractivity contribution is -0.122. The quantitative estimate of drug-likeness (QED) is 0.806. The van der Waals surface area contributed by atoms with Gasteiger partial charge in [0.15, 0.2) is 0 Å². The van der Waals surface area contributed by atoms with Gasteiger partial charge in [-0.05, 0) is 68.4 Å². The highest BCUT2D eigenvalue weighted by Crippen LogP contribution is 2.25. The maximum absolute atomic E-state index is 12.9. The lowest BCUT2D eigenvalue weighted by Gasteiger charge is -2.29. The van der Waals surface area contributed by atoms with E-state index >= 15 is 0 Å². The van der Waals surface area contributed by atoms with Crippen molar-refractivity contribution in [3.05, 3.63) is 65.2 Å². The van der Waals surface area contributed by atoms with Crippen LogP contribution in [0.2, 0.25) is 0 Å². The van der Waals surface area contributed by atoms with Crippen LogP contribution in [0.25, 0.3) is 0 Å². The summed E-state index contributed by atoms with van der Waals surface area (Å²) in [6, 6.07) is 14.1. The first-order valence-corrected chi connectivity index (χ1v) is 11.6. The molecule has 0 saturated carbocycles. The fourth-order valence-corrected chi connectivity index (χ4v) is 5.00. The van der Waals surface area contributed by atoms with Crippen LogP contribution in [0.4, 0.5) is 5.69 Å². The number of rotatable bonds is 6. The van der Waals surface area contributed by atoms with E-state index in [1.54, 1.807) is 31.2 Å². The summed E-state index contributed by atoms with van der Waals surface area (Å²) in [5.41, 5.74) is 4.29. The Morgan fingerprint density at radius 1 is 1.00 bits per heavy atom. The van der Waals surface area contributed by atoms with Gasteiger partial charge in [0.2, 0.25) is 15.9 Å². The molecule has 2 aromatic carbocycles. The molecule has 1 amide bonds. The minimum atomic E-state index is -3.60. The monoisotopic (exact) mass is 400 g/mol. The van der Waals surface area contributed by atoms with Crippen LogP contribution in [0, 0.1) is 0 Å². The van der Waals surface area contributed by atoms with Crippen molar-refractivity contribution >= 4 is 21.6 Å². The fraction of sp³-hybridized carbons (Fsp3) is 0.409. The summed E-state index contributed by atoms with van der Waals surface area (Å²) in [7, 11) is -3.60. The first-order valence-electron chi connectivity index (χ1n) is 9.74. The molecule has 0 spiro atoms. The predicted molar refractivity (Wildman–Crippen MR) is 113 cm³/mol. The Hall–Kier alpha value is -2.34. The van der Waals surface area contributed by atoms with Crippen LogP contribution in [0.1, 0.15) is 49.4 Å². The zero-order valence-electron chi connectivity index (χ0n) is 16.7. The minimum absolute atomic E-state index is 0.195. The Morgan fingerprint density at radius 2 is 1.64 bits per heavy atom. The number of para-hydroxylation sites is 1. The van der Waals surface area contributed by atoms with Gasteiger partial charge in [-0.25, -0.2) is 8.42 Å². The van der Waals surface area contributed by atoms with Crippen LogP contribution in [-0.4, -0.2) is 26.6 Å². The molecular formula is C22H28N2O3S. The lowest BCUT2D eigenvalue weighted by atomic mass is 9.89. The van der Waals surface area contributed by atoms with E-state index in [0.717, 1.165) is 24.7 Å². The van der Waals surface area contributed by atoms with Crippen molar-refractivity contribution in [3.63, 3.8) is 0 Å². The van der Waals surface area contributed by atoms with E-state index in [9.17, 15) is 13.2 Å². The Bertz CT molecular complexity index is 942. The number of amides is 1. The number of carbonyl (C=O) groups is 1. The van der Waals surface area contributed by atoms with Gasteiger partial charge in [-0.15, -0.1) is 0 Å². The van der Waals surface area contributed by atoms with E-state index in [-0.39, 0.29) is 11.9 Å². The van der Waals surface area contributed by atoms with Crippen LogP contribution in [-0.2, 0) is 27.7 Å². The molecule has 6 heteroatoms. The van der Waals surface area contributed by atoms with Gasteiger partial charge in [0.1, 0.15) is 6.04 Å². The van der Waals surface area contributed by atoms with Crippen molar-refractivity contribution in [2.75, 3.05) is 10.6 Å². The normalized spacial score (nSPS) is 16.0. The molecule has 1 N–H and O–H groups in total. The number of fused-ring (bicyclic) bond motifs is 1. The van der Waals surface area contributed by atoms with Gasteiger partial charge in [0.05, 0.1) is 18.0 Å². The molecule has 150 valence electrons. The Labute approximate surface area is 167 Å². The van der Waals surface area contributed by atoms with Gasteiger partial charge in [-0.1, -0.05) is 36.4 Å². The minimum Gasteiger partial charge on any atom is -0.348 e. The Morgan fingerprint density at radius 3 is 2.29 bits per heavy atom. The number of aryl methyl sites for hydroxylation is 2. The first-order chi connectivity index (χ1) is 13.3. The highest BCUT2D eigenvalue weighted by molar-refractivity contribution is 7.92. The number of sulfonamides is 1. The van der Waals surface area contributed by atoms with E-state index in [4.69, 9.17) is 0 Å². The number of nitrogens with one attached hydrogen (secondary N) is 1. The van der Waals surface area contributed by atoms with Gasteiger partial charge in [0.25, 0.3) is 0 Å². The second-order valence-electron chi connectivity index (χ2n) is 7.54. The Balaban J connectivity index is 1.77. The molecule has 0 radical (unpaired) electrons. The molecule has 0 aliphatic heterocycles. The van der Waals surface area contributed by atoms with Gasteiger partial charge in [-0.2, -0.15) is 0 Å². The Kier molecular flexibility index (Phi) is 6.08. The summed E-state index contributed by atoms with van der Waals surface area (Å²) in [6.07, 6.45) is 5.76. The van der Waals surface area contributed by atoms with Gasteiger partial charge in [-0.3, -0.25) is 9.10 Å². The molecule has 5 nitrogen and oxygen atoms in total. The number of hydrogen-bond acceptors (Lipinski definition) is 3. The first kappa shape index (κ1) is 20.4. The third-order valence-corrected chi connectivity index (χ3v) is 6.57.